The lowest BCUT2D eigenvalue weighted by Gasteiger charge is -2.06. The van der Waals surface area contributed by atoms with Crippen LogP contribution in [0.5, 0.6) is 0 Å². The van der Waals surface area contributed by atoms with E-state index in [1.165, 1.54) is 11.3 Å². The number of esters is 1. The highest BCUT2D eigenvalue weighted by Crippen LogP contribution is 2.33. The summed E-state index contributed by atoms with van der Waals surface area (Å²) in [6.45, 7) is 0.0514. The second kappa shape index (κ2) is 6.90. The molecule has 0 saturated carbocycles. The van der Waals surface area contributed by atoms with E-state index in [-0.39, 0.29) is 6.61 Å². The Kier molecular flexibility index (Phi) is 4.69. The molecule has 0 spiro atoms. The molecule has 3 aromatic rings. The van der Waals surface area contributed by atoms with Crippen LogP contribution < -0.4 is 5.73 Å². The Bertz CT molecular complexity index is 901. The third kappa shape index (κ3) is 3.50. The summed E-state index contributed by atoms with van der Waals surface area (Å²) < 4.78 is 5.98. The van der Waals surface area contributed by atoms with Gasteiger partial charge in [-0.3, -0.25) is 4.79 Å². The van der Waals surface area contributed by atoms with Crippen LogP contribution >= 0.6 is 22.9 Å². The molecule has 7 heteroatoms. The van der Waals surface area contributed by atoms with Gasteiger partial charge in [-0.15, -0.1) is 11.3 Å². The van der Waals surface area contributed by atoms with Gasteiger partial charge >= 0.3 is 5.97 Å². The van der Waals surface area contributed by atoms with Crippen molar-refractivity contribution in [1.82, 2.24) is 4.98 Å². The second-order valence-corrected chi connectivity index (χ2v) is 6.74. The topological polar surface area (TPSA) is 85.2 Å². The Balaban J connectivity index is 1.74. The van der Waals surface area contributed by atoms with E-state index in [1.807, 2.05) is 6.07 Å². The number of carbonyl (C=O) groups is 2. The van der Waals surface area contributed by atoms with Gasteiger partial charge in [0.25, 0.3) is 0 Å². The number of benzene rings is 1. The number of hydrogen-bond donors (Lipinski definition) is 2. The normalized spacial score (nSPS) is 10.5. The van der Waals surface area contributed by atoms with Gasteiger partial charge in [-0.1, -0.05) is 23.7 Å². The highest BCUT2D eigenvalue weighted by molar-refractivity contribution is 7.19. The molecule has 3 rings (SSSR count). The largest absolute Gasteiger partial charge is 0.457 e. The van der Waals surface area contributed by atoms with Crippen LogP contribution in [0.3, 0.4) is 0 Å². The lowest BCUT2D eigenvalue weighted by molar-refractivity contribution is 0.0474. The molecule has 0 saturated heterocycles. The van der Waals surface area contributed by atoms with Crippen LogP contribution in [-0.4, -0.2) is 16.9 Å². The maximum Gasteiger partial charge on any atom is 0.340 e. The summed E-state index contributed by atoms with van der Waals surface area (Å²) in [7, 11) is 0. The van der Waals surface area contributed by atoms with E-state index in [0.29, 0.717) is 21.0 Å². The van der Waals surface area contributed by atoms with E-state index < -0.39 is 11.9 Å². The van der Waals surface area contributed by atoms with Crippen molar-refractivity contribution < 1.29 is 14.3 Å². The van der Waals surface area contributed by atoms with Crippen LogP contribution in [0.4, 0.5) is 0 Å². The zero-order chi connectivity index (χ0) is 17.1. The lowest BCUT2D eigenvalue weighted by atomic mass is 10.1. The average molecular weight is 361 g/mol. The van der Waals surface area contributed by atoms with Gasteiger partial charge in [0.2, 0.25) is 5.91 Å². The van der Waals surface area contributed by atoms with Crippen molar-refractivity contribution in [3.8, 4) is 10.4 Å². The van der Waals surface area contributed by atoms with E-state index >= 15 is 0 Å². The molecule has 3 N–H and O–H groups in total. The number of nitrogens with two attached hydrogens (primary N) is 1. The minimum absolute atomic E-state index is 0.0514. The van der Waals surface area contributed by atoms with Crippen molar-refractivity contribution in [2.75, 3.05) is 0 Å². The van der Waals surface area contributed by atoms with Crippen LogP contribution in [0.15, 0.2) is 48.8 Å². The summed E-state index contributed by atoms with van der Waals surface area (Å²) in [5, 5.41) is 0. The SMILES string of the molecule is NC(=O)c1cccc(COC(=O)c2c[nH]cc2-c2ccc(Cl)s2)c1. The highest BCUT2D eigenvalue weighted by Gasteiger charge is 2.17. The number of hydrogen-bond acceptors (Lipinski definition) is 4. The minimum Gasteiger partial charge on any atom is -0.457 e. The molecule has 1 aromatic carbocycles. The Morgan fingerprint density at radius 1 is 1.21 bits per heavy atom. The van der Waals surface area contributed by atoms with Gasteiger partial charge in [0.05, 0.1) is 9.90 Å². The maximum absolute atomic E-state index is 12.3. The number of halogens is 1. The van der Waals surface area contributed by atoms with Crippen LogP contribution in [-0.2, 0) is 11.3 Å². The Labute approximate surface area is 147 Å². The Morgan fingerprint density at radius 3 is 2.75 bits per heavy atom. The molecule has 0 aliphatic rings. The van der Waals surface area contributed by atoms with Gasteiger partial charge in [-0.2, -0.15) is 0 Å². The van der Waals surface area contributed by atoms with Crippen LogP contribution in [0.2, 0.25) is 4.34 Å². The number of carbonyl (C=O) groups excluding carboxylic acids is 2. The number of aromatic amines is 1. The van der Waals surface area contributed by atoms with E-state index in [0.717, 1.165) is 10.4 Å². The van der Waals surface area contributed by atoms with Crippen LogP contribution in [0.25, 0.3) is 10.4 Å². The monoisotopic (exact) mass is 360 g/mol. The molecule has 0 aliphatic carbocycles. The Morgan fingerprint density at radius 2 is 2.04 bits per heavy atom. The fourth-order valence-corrected chi connectivity index (χ4v) is 3.31. The summed E-state index contributed by atoms with van der Waals surface area (Å²) in [6, 6.07) is 10.3. The van der Waals surface area contributed by atoms with Crippen molar-refractivity contribution in [2.45, 2.75) is 6.61 Å². The summed E-state index contributed by atoms with van der Waals surface area (Å²) in [5.74, 6) is -0.981. The van der Waals surface area contributed by atoms with Crippen LogP contribution in [0, 0.1) is 0 Å². The highest BCUT2D eigenvalue weighted by atomic mass is 35.5. The molecule has 0 aliphatic heterocycles. The number of amides is 1. The van der Waals surface area contributed by atoms with Crippen LogP contribution in [0.1, 0.15) is 26.3 Å². The van der Waals surface area contributed by atoms with Crippen molar-refractivity contribution in [2.24, 2.45) is 5.73 Å². The third-order valence-electron chi connectivity index (χ3n) is 3.39. The summed E-state index contributed by atoms with van der Waals surface area (Å²) in [4.78, 5) is 27.3. The maximum atomic E-state index is 12.3. The zero-order valence-electron chi connectivity index (χ0n) is 12.4. The fraction of sp³-hybridized carbons (Fsp3) is 0.0588. The predicted octanol–water partition coefficient (Wildman–Crippen LogP) is 3.85. The second-order valence-electron chi connectivity index (χ2n) is 5.03. The average Bonchev–Trinajstić information content (AvgIpc) is 3.21. The number of rotatable bonds is 5. The molecule has 0 unspecified atom stereocenters. The number of H-pyrrole nitrogens is 1. The van der Waals surface area contributed by atoms with E-state index in [9.17, 15) is 9.59 Å². The van der Waals surface area contributed by atoms with E-state index in [2.05, 4.69) is 4.98 Å². The number of thiophene rings is 1. The van der Waals surface area contributed by atoms with Gasteiger partial charge in [0.1, 0.15) is 6.61 Å². The third-order valence-corrected chi connectivity index (χ3v) is 4.65. The molecule has 2 heterocycles. The molecular formula is C17H13ClN2O3S. The zero-order valence-corrected chi connectivity index (χ0v) is 14.0. The van der Waals surface area contributed by atoms with Gasteiger partial charge in [0.15, 0.2) is 0 Å². The van der Waals surface area contributed by atoms with Crippen molar-refractivity contribution in [1.29, 1.82) is 0 Å². The Hall–Kier alpha value is -2.57. The van der Waals surface area contributed by atoms with Crippen molar-refractivity contribution in [3.05, 3.63) is 69.8 Å². The first-order valence-corrected chi connectivity index (χ1v) is 8.22. The smallest absolute Gasteiger partial charge is 0.340 e. The van der Waals surface area contributed by atoms with E-state index in [4.69, 9.17) is 22.1 Å². The first-order valence-electron chi connectivity index (χ1n) is 7.03. The van der Waals surface area contributed by atoms with Gasteiger partial charge in [0, 0.05) is 28.4 Å². The number of nitrogens with one attached hydrogen (secondary N) is 1. The summed E-state index contributed by atoms with van der Waals surface area (Å²) in [6.07, 6.45) is 3.32. The molecular weight excluding hydrogens is 348 g/mol. The molecule has 2 aromatic heterocycles. The lowest BCUT2D eigenvalue weighted by Crippen LogP contribution is -2.11. The minimum atomic E-state index is -0.523. The van der Waals surface area contributed by atoms with Gasteiger partial charge < -0.3 is 15.5 Å². The molecule has 0 radical (unpaired) electrons. The molecule has 24 heavy (non-hydrogen) atoms. The molecule has 0 bridgehead atoms. The fourth-order valence-electron chi connectivity index (χ4n) is 2.24. The molecule has 122 valence electrons. The van der Waals surface area contributed by atoms with E-state index in [1.54, 1.807) is 42.7 Å². The quantitative estimate of drug-likeness (QED) is 0.677. The summed E-state index contributed by atoms with van der Waals surface area (Å²) in [5.41, 5.74) is 7.48. The van der Waals surface area contributed by atoms with Gasteiger partial charge in [-0.05, 0) is 29.8 Å². The van der Waals surface area contributed by atoms with Crippen molar-refractivity contribution >= 4 is 34.8 Å². The number of ether oxygens (including phenoxy) is 1. The standard InChI is InChI=1S/C17H13ClN2O3S/c18-15-5-4-14(24-15)12-7-20-8-13(12)17(22)23-9-10-2-1-3-11(6-10)16(19)21/h1-8,20H,9H2,(H2,19,21). The van der Waals surface area contributed by atoms with Gasteiger partial charge in [-0.25, -0.2) is 4.79 Å². The number of primary amides is 1. The first-order chi connectivity index (χ1) is 11.5. The number of aromatic nitrogens is 1. The summed E-state index contributed by atoms with van der Waals surface area (Å²) >= 11 is 7.33. The first kappa shape index (κ1) is 16.3. The molecule has 0 atom stereocenters. The predicted molar refractivity (Wildman–Crippen MR) is 93.2 cm³/mol. The van der Waals surface area contributed by atoms with Crippen molar-refractivity contribution in [3.63, 3.8) is 0 Å². The molecule has 0 fully saturated rings. The molecule has 5 nitrogen and oxygen atoms in total. The molecule has 1 amide bonds.